The third-order valence-electron chi connectivity index (χ3n) is 3.28. The predicted octanol–water partition coefficient (Wildman–Crippen LogP) is 3.21. The van der Waals surface area contributed by atoms with Crippen LogP contribution in [0.25, 0.3) is 10.2 Å². The molecular weight excluding hydrogens is 308 g/mol. The first-order chi connectivity index (χ1) is 11.3. The summed E-state index contributed by atoms with van der Waals surface area (Å²) in [5.41, 5.74) is 2.07. The number of fused-ring (bicyclic) bond motifs is 1. The molecule has 0 radical (unpaired) electrons. The van der Waals surface area contributed by atoms with Crippen LogP contribution in [0.5, 0.6) is 0 Å². The number of carbonyl (C=O) groups is 1. The van der Waals surface area contributed by atoms with Crippen LogP contribution in [0.3, 0.4) is 0 Å². The largest absolute Gasteiger partial charge is 0.360 e. The molecule has 0 fully saturated rings. The molecule has 5 nitrogen and oxygen atoms in total. The molecule has 0 saturated heterocycles. The molecule has 0 atom stereocenters. The summed E-state index contributed by atoms with van der Waals surface area (Å²) in [6.07, 6.45) is 0. The average molecular weight is 326 g/mol. The molecule has 6 heteroatoms. The third kappa shape index (κ3) is 4.43. The first-order valence-electron chi connectivity index (χ1n) is 7.46. The first-order valence-corrected chi connectivity index (χ1v) is 8.28. The lowest BCUT2D eigenvalue weighted by atomic mass is 10.2. The van der Waals surface area contributed by atoms with E-state index in [0.29, 0.717) is 19.6 Å². The van der Waals surface area contributed by atoms with Gasteiger partial charge in [0.25, 0.3) is 0 Å². The maximum Gasteiger partial charge on any atom is 0.315 e. The summed E-state index contributed by atoms with van der Waals surface area (Å²) in [6, 6.07) is 17.7. The second-order valence-electron chi connectivity index (χ2n) is 5.01. The fraction of sp³-hybridized carbons (Fsp3) is 0.176. The van der Waals surface area contributed by atoms with Crippen molar-refractivity contribution in [2.24, 2.45) is 0 Å². The molecule has 1 aromatic heterocycles. The summed E-state index contributed by atoms with van der Waals surface area (Å²) in [5, 5.41) is 9.75. The van der Waals surface area contributed by atoms with Gasteiger partial charge in [0.05, 0.1) is 10.2 Å². The molecule has 0 aliphatic rings. The van der Waals surface area contributed by atoms with E-state index in [1.54, 1.807) is 11.3 Å². The van der Waals surface area contributed by atoms with Crippen molar-refractivity contribution in [2.45, 2.75) is 6.54 Å². The van der Waals surface area contributed by atoms with Crippen molar-refractivity contribution >= 4 is 32.7 Å². The Hall–Kier alpha value is -2.60. The second kappa shape index (κ2) is 7.60. The molecule has 118 valence electrons. The first kappa shape index (κ1) is 15.3. The van der Waals surface area contributed by atoms with Gasteiger partial charge >= 0.3 is 6.03 Å². The van der Waals surface area contributed by atoms with Gasteiger partial charge < -0.3 is 16.0 Å². The highest BCUT2D eigenvalue weighted by Gasteiger charge is 2.03. The summed E-state index contributed by atoms with van der Waals surface area (Å²) in [5.74, 6) is 0. The van der Waals surface area contributed by atoms with Crippen LogP contribution in [-0.2, 0) is 6.54 Å². The van der Waals surface area contributed by atoms with Gasteiger partial charge in [0.1, 0.15) is 0 Å². The van der Waals surface area contributed by atoms with E-state index in [-0.39, 0.29) is 6.03 Å². The normalized spacial score (nSPS) is 10.4. The molecule has 0 bridgehead atoms. The Morgan fingerprint density at radius 1 is 0.957 bits per heavy atom. The lowest BCUT2D eigenvalue weighted by molar-refractivity contribution is 0.241. The predicted molar refractivity (Wildman–Crippen MR) is 94.8 cm³/mol. The number of hydrogen-bond acceptors (Lipinski definition) is 4. The fourth-order valence-corrected chi connectivity index (χ4v) is 3.03. The number of urea groups is 1. The number of hydrogen-bond donors (Lipinski definition) is 3. The number of carbonyl (C=O) groups excluding carboxylic acids is 1. The number of amides is 2. The summed E-state index contributed by atoms with van der Waals surface area (Å²) in [7, 11) is 0. The van der Waals surface area contributed by atoms with Crippen molar-refractivity contribution in [3.63, 3.8) is 0 Å². The maximum absolute atomic E-state index is 11.7. The monoisotopic (exact) mass is 326 g/mol. The number of aromatic nitrogens is 1. The van der Waals surface area contributed by atoms with Crippen LogP contribution in [-0.4, -0.2) is 24.1 Å². The number of rotatable bonds is 6. The van der Waals surface area contributed by atoms with E-state index in [2.05, 4.69) is 20.9 Å². The van der Waals surface area contributed by atoms with E-state index >= 15 is 0 Å². The quantitative estimate of drug-likeness (QED) is 0.609. The molecule has 0 saturated carbocycles. The number of benzene rings is 2. The Bertz CT molecular complexity index is 739. The van der Waals surface area contributed by atoms with Gasteiger partial charge in [-0.1, -0.05) is 53.8 Å². The average Bonchev–Trinajstić information content (AvgIpc) is 3.00. The van der Waals surface area contributed by atoms with Gasteiger partial charge in [0.15, 0.2) is 5.13 Å². The van der Waals surface area contributed by atoms with E-state index in [9.17, 15) is 4.79 Å². The highest BCUT2D eigenvalue weighted by Crippen LogP contribution is 2.24. The standard InChI is InChI=1S/C17H18N4OS/c22-16(20-12-13-6-2-1-3-7-13)18-10-11-19-17-21-14-8-4-5-9-15(14)23-17/h1-9H,10-12H2,(H,19,21)(H2,18,20,22). The topological polar surface area (TPSA) is 66.0 Å². The molecule has 0 aliphatic carbocycles. The number of nitrogens with one attached hydrogen (secondary N) is 3. The van der Waals surface area contributed by atoms with Crippen molar-refractivity contribution in [3.05, 3.63) is 60.2 Å². The molecule has 3 N–H and O–H groups in total. The molecule has 0 aliphatic heterocycles. The lowest BCUT2D eigenvalue weighted by Gasteiger charge is -2.08. The molecular formula is C17H18N4OS. The third-order valence-corrected chi connectivity index (χ3v) is 4.27. The highest BCUT2D eigenvalue weighted by atomic mass is 32.1. The Balaban J connectivity index is 1.37. The Kier molecular flexibility index (Phi) is 5.06. The second-order valence-corrected chi connectivity index (χ2v) is 6.04. The fourth-order valence-electron chi connectivity index (χ4n) is 2.13. The summed E-state index contributed by atoms with van der Waals surface area (Å²) < 4.78 is 1.16. The minimum atomic E-state index is -0.167. The van der Waals surface area contributed by atoms with E-state index in [1.807, 2.05) is 54.6 Å². The van der Waals surface area contributed by atoms with E-state index < -0.39 is 0 Å². The van der Waals surface area contributed by atoms with Crippen LogP contribution in [0.1, 0.15) is 5.56 Å². The van der Waals surface area contributed by atoms with Crippen molar-refractivity contribution in [1.29, 1.82) is 0 Å². The molecule has 2 aromatic carbocycles. The summed E-state index contributed by atoms with van der Waals surface area (Å²) in [6.45, 7) is 1.70. The van der Waals surface area contributed by atoms with Crippen LogP contribution >= 0.6 is 11.3 Å². The molecule has 3 rings (SSSR count). The number of anilines is 1. The summed E-state index contributed by atoms with van der Waals surface area (Å²) in [4.78, 5) is 16.2. The number of thiazole rings is 1. The van der Waals surface area contributed by atoms with Gasteiger partial charge in [-0.3, -0.25) is 0 Å². The summed E-state index contributed by atoms with van der Waals surface area (Å²) >= 11 is 1.61. The molecule has 3 aromatic rings. The van der Waals surface area contributed by atoms with Crippen LogP contribution in [0.4, 0.5) is 9.93 Å². The molecule has 0 spiro atoms. The van der Waals surface area contributed by atoms with Crippen molar-refractivity contribution in [1.82, 2.24) is 15.6 Å². The number of nitrogens with zero attached hydrogens (tertiary/aromatic N) is 1. The minimum Gasteiger partial charge on any atom is -0.360 e. The number of para-hydroxylation sites is 1. The van der Waals surface area contributed by atoms with Crippen molar-refractivity contribution in [3.8, 4) is 0 Å². The SMILES string of the molecule is O=C(NCCNc1nc2ccccc2s1)NCc1ccccc1. The van der Waals surface area contributed by atoms with Gasteiger partial charge in [-0.15, -0.1) is 0 Å². The zero-order valence-corrected chi connectivity index (χ0v) is 13.4. The van der Waals surface area contributed by atoms with E-state index in [0.717, 1.165) is 20.9 Å². The van der Waals surface area contributed by atoms with Crippen LogP contribution in [0.15, 0.2) is 54.6 Å². The maximum atomic E-state index is 11.7. The Morgan fingerprint density at radius 3 is 2.57 bits per heavy atom. The smallest absolute Gasteiger partial charge is 0.315 e. The molecule has 0 unspecified atom stereocenters. The van der Waals surface area contributed by atoms with Gasteiger partial charge in [-0.25, -0.2) is 9.78 Å². The van der Waals surface area contributed by atoms with Gasteiger partial charge in [0.2, 0.25) is 0 Å². The van der Waals surface area contributed by atoms with E-state index in [1.165, 1.54) is 0 Å². The van der Waals surface area contributed by atoms with Crippen LogP contribution in [0.2, 0.25) is 0 Å². The zero-order valence-electron chi connectivity index (χ0n) is 12.6. The molecule has 2 amide bonds. The van der Waals surface area contributed by atoms with E-state index in [4.69, 9.17) is 0 Å². The Labute approximate surface area is 138 Å². The van der Waals surface area contributed by atoms with Crippen molar-refractivity contribution < 1.29 is 4.79 Å². The van der Waals surface area contributed by atoms with Crippen molar-refractivity contribution in [2.75, 3.05) is 18.4 Å². The lowest BCUT2D eigenvalue weighted by Crippen LogP contribution is -2.37. The van der Waals surface area contributed by atoms with Crippen LogP contribution in [0, 0.1) is 0 Å². The zero-order chi connectivity index (χ0) is 15.9. The van der Waals surface area contributed by atoms with Gasteiger partial charge in [0, 0.05) is 19.6 Å². The highest BCUT2D eigenvalue weighted by molar-refractivity contribution is 7.22. The Morgan fingerprint density at radius 2 is 1.74 bits per heavy atom. The van der Waals surface area contributed by atoms with Crippen LogP contribution < -0.4 is 16.0 Å². The van der Waals surface area contributed by atoms with Gasteiger partial charge in [-0.05, 0) is 17.7 Å². The molecule has 1 heterocycles. The minimum absolute atomic E-state index is 0.167. The van der Waals surface area contributed by atoms with Gasteiger partial charge in [-0.2, -0.15) is 0 Å². The molecule has 23 heavy (non-hydrogen) atoms.